The van der Waals surface area contributed by atoms with E-state index in [1.54, 1.807) is 0 Å². The topological polar surface area (TPSA) is 29.9 Å². The maximum Gasteiger partial charge on any atom is 0.141 e. The molecule has 4 heteroatoms. The van der Waals surface area contributed by atoms with Gasteiger partial charge in [-0.1, -0.05) is 79.0 Å². The van der Waals surface area contributed by atoms with Crippen LogP contribution in [0.25, 0.3) is 22.4 Å². The highest BCUT2D eigenvalue weighted by atomic mass is 35.5. The minimum Gasteiger partial charge on any atom is -0.319 e. The second kappa shape index (κ2) is 8.63. The number of rotatable bonds is 5. The molecule has 1 aromatic heterocycles. The van der Waals surface area contributed by atoms with Gasteiger partial charge in [0.1, 0.15) is 5.82 Å². The molecule has 1 aliphatic rings. The van der Waals surface area contributed by atoms with Gasteiger partial charge in [0, 0.05) is 23.2 Å². The molecule has 0 saturated heterocycles. The van der Waals surface area contributed by atoms with Crippen LogP contribution >= 0.6 is 11.6 Å². The molecular weight excluding hydrogens is 390 g/mol. The zero-order valence-electron chi connectivity index (χ0n) is 17.0. The minimum absolute atomic E-state index is 0.383. The summed E-state index contributed by atoms with van der Waals surface area (Å²) in [7, 11) is 0. The lowest BCUT2D eigenvalue weighted by Crippen LogP contribution is -2.39. The lowest BCUT2D eigenvalue weighted by atomic mass is 9.89. The highest BCUT2D eigenvalue weighted by Gasteiger charge is 2.29. The number of hydrogen-bond donors (Lipinski definition) is 1. The summed E-state index contributed by atoms with van der Waals surface area (Å²) in [6.45, 7) is 0.853. The van der Waals surface area contributed by atoms with Crippen LogP contribution in [0.5, 0.6) is 0 Å². The van der Waals surface area contributed by atoms with E-state index >= 15 is 0 Å². The normalized spacial score (nSPS) is 19.2. The number of imidazole rings is 1. The van der Waals surface area contributed by atoms with Crippen LogP contribution in [0.1, 0.15) is 37.3 Å². The van der Waals surface area contributed by atoms with E-state index in [0.717, 1.165) is 22.9 Å². The number of benzene rings is 3. The number of nitrogens with one attached hydrogen (secondary N) is 1. The van der Waals surface area contributed by atoms with E-state index in [9.17, 15) is 0 Å². The Hall–Kier alpha value is -2.62. The second-order valence-corrected chi connectivity index (χ2v) is 8.56. The number of halogens is 1. The van der Waals surface area contributed by atoms with Gasteiger partial charge in [0.15, 0.2) is 0 Å². The Morgan fingerprint density at radius 2 is 1.60 bits per heavy atom. The molecule has 3 nitrogen and oxygen atoms in total. The number of hydrogen-bond acceptors (Lipinski definition) is 2. The number of nitrogens with zero attached hydrogens (tertiary/aromatic N) is 2. The molecule has 0 radical (unpaired) electrons. The quantitative estimate of drug-likeness (QED) is 0.396. The van der Waals surface area contributed by atoms with Gasteiger partial charge in [-0.25, -0.2) is 4.98 Å². The largest absolute Gasteiger partial charge is 0.319 e. The van der Waals surface area contributed by atoms with Gasteiger partial charge in [-0.05, 0) is 42.7 Å². The lowest BCUT2D eigenvalue weighted by molar-refractivity contribution is 0.267. The van der Waals surface area contributed by atoms with E-state index in [4.69, 9.17) is 16.6 Å². The van der Waals surface area contributed by atoms with Crippen molar-refractivity contribution in [3.63, 3.8) is 0 Å². The van der Waals surface area contributed by atoms with Crippen LogP contribution in [0.3, 0.4) is 0 Å². The van der Waals surface area contributed by atoms with E-state index in [0.29, 0.717) is 12.1 Å². The highest BCUT2D eigenvalue weighted by molar-refractivity contribution is 6.30. The lowest BCUT2D eigenvalue weighted by Gasteiger charge is -2.35. The van der Waals surface area contributed by atoms with Crippen molar-refractivity contribution in [3.05, 3.63) is 89.4 Å². The van der Waals surface area contributed by atoms with Crippen LogP contribution < -0.4 is 5.32 Å². The monoisotopic (exact) mass is 415 g/mol. The minimum atomic E-state index is 0.383. The maximum atomic E-state index is 6.05. The summed E-state index contributed by atoms with van der Waals surface area (Å²) >= 11 is 6.05. The summed E-state index contributed by atoms with van der Waals surface area (Å²) in [6.07, 6.45) is 4.87. The smallest absolute Gasteiger partial charge is 0.141 e. The first-order chi connectivity index (χ1) is 14.8. The maximum absolute atomic E-state index is 6.05. The summed E-state index contributed by atoms with van der Waals surface area (Å²) in [4.78, 5) is 5.04. The summed E-state index contributed by atoms with van der Waals surface area (Å²) in [6, 6.07) is 28.0. The fourth-order valence-corrected chi connectivity index (χ4v) is 4.81. The zero-order valence-corrected chi connectivity index (χ0v) is 17.7. The molecule has 1 fully saturated rings. The van der Waals surface area contributed by atoms with E-state index in [-0.39, 0.29) is 0 Å². The molecule has 1 N–H and O–H groups in total. The first kappa shape index (κ1) is 19.3. The Bertz CT molecular complexity index is 1120. The third-order valence-electron chi connectivity index (χ3n) is 6.17. The van der Waals surface area contributed by atoms with Gasteiger partial charge in [0.05, 0.1) is 17.1 Å². The Balaban J connectivity index is 1.51. The van der Waals surface area contributed by atoms with E-state index in [1.807, 2.05) is 12.1 Å². The molecule has 2 atom stereocenters. The first-order valence-corrected chi connectivity index (χ1v) is 11.2. The summed E-state index contributed by atoms with van der Waals surface area (Å²) in [5, 5.41) is 4.63. The third kappa shape index (κ3) is 3.88. The average Bonchev–Trinajstić information content (AvgIpc) is 3.19. The van der Waals surface area contributed by atoms with Gasteiger partial charge in [0.25, 0.3) is 0 Å². The predicted octanol–water partition coefficient (Wildman–Crippen LogP) is 6.63. The van der Waals surface area contributed by atoms with Crippen molar-refractivity contribution >= 4 is 22.6 Å². The second-order valence-electron chi connectivity index (χ2n) is 8.13. The van der Waals surface area contributed by atoms with Crippen molar-refractivity contribution in [2.45, 2.75) is 44.3 Å². The first-order valence-electron chi connectivity index (χ1n) is 10.8. The van der Waals surface area contributed by atoms with Crippen LogP contribution in [0, 0.1) is 0 Å². The highest BCUT2D eigenvalue weighted by Crippen LogP contribution is 2.36. The van der Waals surface area contributed by atoms with Crippen LogP contribution in [0.15, 0.2) is 78.9 Å². The predicted molar refractivity (Wildman–Crippen MR) is 125 cm³/mol. The van der Waals surface area contributed by atoms with Gasteiger partial charge in [-0.3, -0.25) is 0 Å². The number of para-hydroxylation sites is 2. The Morgan fingerprint density at radius 1 is 0.867 bits per heavy atom. The molecule has 4 aromatic rings. The van der Waals surface area contributed by atoms with Crippen LogP contribution in [0.2, 0.25) is 5.02 Å². The van der Waals surface area contributed by atoms with Gasteiger partial charge < -0.3 is 9.88 Å². The zero-order chi connectivity index (χ0) is 20.3. The Morgan fingerprint density at radius 3 is 2.43 bits per heavy atom. The molecule has 5 rings (SSSR count). The summed E-state index contributed by atoms with van der Waals surface area (Å²) in [5.74, 6) is 1.07. The van der Waals surface area contributed by atoms with Crippen LogP contribution in [0.4, 0.5) is 0 Å². The summed E-state index contributed by atoms with van der Waals surface area (Å²) in [5.41, 5.74) is 4.73. The Kier molecular flexibility index (Phi) is 5.56. The van der Waals surface area contributed by atoms with E-state index in [1.165, 1.54) is 42.3 Å². The molecule has 152 valence electrons. The molecule has 30 heavy (non-hydrogen) atoms. The molecule has 0 bridgehead atoms. The number of aromatic nitrogens is 2. The van der Waals surface area contributed by atoms with Crippen molar-refractivity contribution in [3.8, 4) is 11.4 Å². The molecule has 0 aliphatic heterocycles. The van der Waals surface area contributed by atoms with Gasteiger partial charge in [-0.15, -0.1) is 0 Å². The third-order valence-corrected chi connectivity index (χ3v) is 6.42. The molecule has 0 amide bonds. The average molecular weight is 416 g/mol. The summed E-state index contributed by atoms with van der Waals surface area (Å²) < 4.78 is 2.49. The van der Waals surface area contributed by atoms with Gasteiger partial charge >= 0.3 is 0 Å². The molecule has 0 unspecified atom stereocenters. The van der Waals surface area contributed by atoms with E-state index in [2.05, 4.69) is 76.6 Å². The molecular formula is C26H26ClN3. The standard InChI is InChI=1S/C26H26ClN3/c27-21-16-14-19(15-17-21)18-28-22-10-4-6-12-24(22)30-25-13-7-5-11-23(25)29-26(30)20-8-2-1-3-9-20/h1-3,5,7-9,11,13-17,22,24,28H,4,6,10,12,18H2/t22-,24-/m1/s1. The van der Waals surface area contributed by atoms with Crippen LogP contribution in [-0.4, -0.2) is 15.6 Å². The fraction of sp³-hybridized carbons (Fsp3) is 0.269. The van der Waals surface area contributed by atoms with Crippen molar-refractivity contribution in [1.29, 1.82) is 0 Å². The van der Waals surface area contributed by atoms with Gasteiger partial charge in [0.2, 0.25) is 0 Å². The van der Waals surface area contributed by atoms with E-state index < -0.39 is 0 Å². The van der Waals surface area contributed by atoms with Crippen molar-refractivity contribution in [2.24, 2.45) is 0 Å². The molecule has 0 spiro atoms. The van der Waals surface area contributed by atoms with Crippen LogP contribution in [-0.2, 0) is 6.54 Å². The Labute approximate surface area is 182 Å². The molecule has 1 saturated carbocycles. The van der Waals surface area contributed by atoms with Crippen molar-refractivity contribution < 1.29 is 0 Å². The SMILES string of the molecule is Clc1ccc(CN[C@@H]2CCCC[C@H]2n2c(-c3ccccc3)nc3ccccc32)cc1. The molecule has 1 heterocycles. The van der Waals surface area contributed by atoms with Gasteiger partial charge in [-0.2, -0.15) is 0 Å². The molecule has 3 aromatic carbocycles. The number of fused-ring (bicyclic) bond motifs is 1. The van der Waals surface area contributed by atoms with Crippen molar-refractivity contribution in [1.82, 2.24) is 14.9 Å². The molecule has 1 aliphatic carbocycles. The fourth-order valence-electron chi connectivity index (χ4n) is 4.68. The van der Waals surface area contributed by atoms with Crippen molar-refractivity contribution in [2.75, 3.05) is 0 Å².